The summed E-state index contributed by atoms with van der Waals surface area (Å²) in [4.78, 5) is 33.6. The highest BCUT2D eigenvalue weighted by Crippen LogP contribution is 2.30. The maximum Gasteiger partial charge on any atom is 0.342 e. The number of aliphatic carboxylic acids is 2. The lowest BCUT2D eigenvalue weighted by atomic mass is 10.0. The Morgan fingerprint density at radius 2 is 1.81 bits per heavy atom. The Morgan fingerprint density at radius 3 is 2.41 bits per heavy atom. The second-order valence-corrected chi connectivity index (χ2v) is 5.95. The Bertz CT molecular complexity index is 708. The van der Waals surface area contributed by atoms with E-state index in [0.717, 1.165) is 0 Å². The molecule has 3 N–H and O–H groups in total. The van der Waals surface area contributed by atoms with Crippen LogP contribution in [0.5, 0.6) is 11.5 Å². The van der Waals surface area contributed by atoms with Crippen molar-refractivity contribution in [1.29, 1.82) is 0 Å². The molecule has 0 aromatic heterocycles. The van der Waals surface area contributed by atoms with Crippen molar-refractivity contribution in [3.8, 4) is 11.5 Å². The number of phenols is 1. The molecule has 8 nitrogen and oxygen atoms in total. The zero-order valence-corrected chi connectivity index (χ0v) is 15.3. The van der Waals surface area contributed by atoms with Crippen molar-refractivity contribution in [2.75, 3.05) is 7.11 Å². The number of allylic oxidation sites excluding steroid dienone is 1. The molecule has 0 saturated heterocycles. The topological polar surface area (TPSA) is 130 Å². The lowest BCUT2D eigenvalue weighted by Gasteiger charge is -2.15. The van der Waals surface area contributed by atoms with Gasteiger partial charge in [-0.25, -0.2) is 4.79 Å². The molecule has 0 aliphatic heterocycles. The SMILES string of the molecule is COc1cc(O)c(C(=O)O[C@@H](C)CCCC(=O)O)c(/C=C/CCC(=O)O)c1. The highest BCUT2D eigenvalue weighted by Gasteiger charge is 2.20. The summed E-state index contributed by atoms with van der Waals surface area (Å²) < 4.78 is 10.4. The normalized spacial score (nSPS) is 11.9. The van der Waals surface area contributed by atoms with Gasteiger partial charge >= 0.3 is 17.9 Å². The van der Waals surface area contributed by atoms with Crippen LogP contribution in [0.2, 0.25) is 0 Å². The first-order valence-corrected chi connectivity index (χ1v) is 8.46. The lowest BCUT2D eigenvalue weighted by molar-refractivity contribution is -0.138. The molecule has 1 rings (SSSR count). The van der Waals surface area contributed by atoms with E-state index in [1.165, 1.54) is 25.3 Å². The number of esters is 1. The van der Waals surface area contributed by atoms with E-state index in [2.05, 4.69) is 0 Å². The van der Waals surface area contributed by atoms with E-state index >= 15 is 0 Å². The van der Waals surface area contributed by atoms with Crippen LogP contribution in [-0.4, -0.2) is 46.4 Å². The fourth-order valence-electron chi connectivity index (χ4n) is 2.35. The van der Waals surface area contributed by atoms with Crippen molar-refractivity contribution >= 4 is 24.0 Å². The number of carboxylic acid groups (broad SMARTS) is 2. The number of methoxy groups -OCH3 is 1. The third-order valence-corrected chi connectivity index (χ3v) is 3.69. The van der Waals surface area contributed by atoms with Crippen LogP contribution in [0.1, 0.15) is 54.9 Å². The Hall–Kier alpha value is -3.03. The fraction of sp³-hybridized carbons (Fsp3) is 0.421. The van der Waals surface area contributed by atoms with E-state index in [1.54, 1.807) is 13.0 Å². The van der Waals surface area contributed by atoms with Gasteiger partial charge in [-0.3, -0.25) is 9.59 Å². The van der Waals surface area contributed by atoms with E-state index in [4.69, 9.17) is 19.7 Å². The minimum Gasteiger partial charge on any atom is -0.507 e. The first-order chi connectivity index (χ1) is 12.7. The molecule has 0 saturated carbocycles. The summed E-state index contributed by atoms with van der Waals surface area (Å²) in [7, 11) is 1.41. The molecular formula is C19H24O8. The van der Waals surface area contributed by atoms with Crippen LogP contribution >= 0.6 is 0 Å². The second kappa shape index (κ2) is 10.8. The predicted octanol–water partition coefficient (Wildman–Crippen LogP) is 3.08. The van der Waals surface area contributed by atoms with E-state index in [1.807, 2.05) is 0 Å². The summed E-state index contributed by atoms with van der Waals surface area (Å²) in [6, 6.07) is 2.81. The number of hydrogen-bond donors (Lipinski definition) is 3. The van der Waals surface area contributed by atoms with Gasteiger partial charge in [0, 0.05) is 18.9 Å². The summed E-state index contributed by atoms with van der Waals surface area (Å²) in [6.07, 6.45) is 3.49. The van der Waals surface area contributed by atoms with Gasteiger partial charge in [0.25, 0.3) is 0 Å². The summed E-state index contributed by atoms with van der Waals surface area (Å²) in [6.45, 7) is 1.64. The van der Waals surface area contributed by atoms with Gasteiger partial charge in [0.2, 0.25) is 0 Å². The van der Waals surface area contributed by atoms with Crippen LogP contribution in [0, 0.1) is 0 Å². The summed E-state index contributed by atoms with van der Waals surface area (Å²) in [5.41, 5.74) is 0.271. The van der Waals surface area contributed by atoms with Crippen molar-refractivity contribution in [3.63, 3.8) is 0 Å². The van der Waals surface area contributed by atoms with Crippen LogP contribution in [0.15, 0.2) is 18.2 Å². The molecule has 8 heteroatoms. The van der Waals surface area contributed by atoms with Gasteiger partial charge in [0.1, 0.15) is 17.1 Å². The molecule has 1 atom stereocenters. The lowest BCUT2D eigenvalue weighted by Crippen LogP contribution is -2.16. The van der Waals surface area contributed by atoms with E-state index in [-0.39, 0.29) is 30.6 Å². The first-order valence-electron chi connectivity index (χ1n) is 8.46. The number of benzene rings is 1. The summed E-state index contributed by atoms with van der Waals surface area (Å²) >= 11 is 0. The quantitative estimate of drug-likeness (QED) is 0.499. The average molecular weight is 380 g/mol. The number of carbonyl (C=O) groups is 3. The minimum absolute atomic E-state index is 0.0206. The van der Waals surface area contributed by atoms with Crippen LogP contribution in [0.3, 0.4) is 0 Å². The molecule has 1 aromatic carbocycles. The van der Waals surface area contributed by atoms with Crippen molar-refractivity contribution < 1.29 is 39.2 Å². The van der Waals surface area contributed by atoms with Gasteiger partial charge in [-0.05, 0) is 37.8 Å². The smallest absolute Gasteiger partial charge is 0.342 e. The minimum atomic E-state index is -0.942. The Morgan fingerprint density at radius 1 is 1.15 bits per heavy atom. The second-order valence-electron chi connectivity index (χ2n) is 5.95. The van der Waals surface area contributed by atoms with Gasteiger partial charge in [0.05, 0.1) is 13.2 Å². The molecule has 0 radical (unpaired) electrons. The van der Waals surface area contributed by atoms with Gasteiger partial charge in [-0.1, -0.05) is 12.2 Å². The molecule has 0 fully saturated rings. The van der Waals surface area contributed by atoms with E-state index in [0.29, 0.717) is 24.2 Å². The molecule has 148 valence electrons. The first kappa shape index (κ1) is 22.0. The zero-order chi connectivity index (χ0) is 20.4. The number of hydrogen-bond acceptors (Lipinski definition) is 6. The van der Waals surface area contributed by atoms with Crippen molar-refractivity contribution in [2.24, 2.45) is 0 Å². The number of carbonyl (C=O) groups excluding carboxylic acids is 1. The van der Waals surface area contributed by atoms with Crippen molar-refractivity contribution in [1.82, 2.24) is 0 Å². The Balaban J connectivity index is 2.94. The third kappa shape index (κ3) is 7.81. The molecular weight excluding hydrogens is 356 g/mol. The standard InChI is InChI=1S/C19H24O8/c1-12(6-5-9-17(23)24)27-19(25)18-13(7-3-4-8-16(21)22)10-14(26-2)11-15(18)20/h3,7,10-12,20H,4-6,8-9H2,1-2H3,(H,21,22)(H,23,24)/b7-3+/t12-/m0/s1. The number of carboxylic acids is 2. The molecule has 0 unspecified atom stereocenters. The number of ether oxygens (including phenoxy) is 2. The number of phenolic OH excluding ortho intramolecular Hbond substituents is 1. The molecule has 0 heterocycles. The molecule has 0 aliphatic carbocycles. The molecule has 0 amide bonds. The number of rotatable bonds is 11. The van der Waals surface area contributed by atoms with E-state index in [9.17, 15) is 19.5 Å². The predicted molar refractivity (Wildman–Crippen MR) is 96.9 cm³/mol. The highest BCUT2D eigenvalue weighted by atomic mass is 16.5. The zero-order valence-electron chi connectivity index (χ0n) is 15.3. The Kier molecular flexibility index (Phi) is 8.84. The largest absolute Gasteiger partial charge is 0.507 e. The van der Waals surface area contributed by atoms with Gasteiger partial charge in [-0.15, -0.1) is 0 Å². The van der Waals surface area contributed by atoms with Crippen molar-refractivity contribution in [2.45, 2.75) is 45.1 Å². The molecule has 0 spiro atoms. The van der Waals surface area contributed by atoms with Crippen LogP contribution < -0.4 is 4.74 Å². The van der Waals surface area contributed by atoms with E-state index < -0.39 is 24.0 Å². The van der Waals surface area contributed by atoms with Crippen LogP contribution in [0.4, 0.5) is 0 Å². The summed E-state index contributed by atoms with van der Waals surface area (Å²) in [5.74, 6) is -2.61. The molecule has 0 bridgehead atoms. The van der Waals surface area contributed by atoms with Gasteiger partial charge in [0.15, 0.2) is 0 Å². The van der Waals surface area contributed by atoms with Crippen LogP contribution in [0.25, 0.3) is 6.08 Å². The molecule has 27 heavy (non-hydrogen) atoms. The number of aromatic hydroxyl groups is 1. The van der Waals surface area contributed by atoms with Gasteiger partial charge in [-0.2, -0.15) is 0 Å². The monoisotopic (exact) mass is 380 g/mol. The Labute approximate surface area is 157 Å². The maximum atomic E-state index is 12.5. The highest BCUT2D eigenvalue weighted by molar-refractivity contribution is 5.97. The fourth-order valence-corrected chi connectivity index (χ4v) is 2.35. The third-order valence-electron chi connectivity index (χ3n) is 3.69. The average Bonchev–Trinajstić information content (AvgIpc) is 2.57. The van der Waals surface area contributed by atoms with Crippen LogP contribution in [-0.2, 0) is 14.3 Å². The summed E-state index contributed by atoms with van der Waals surface area (Å²) in [5, 5.41) is 27.5. The van der Waals surface area contributed by atoms with Crippen molar-refractivity contribution in [3.05, 3.63) is 29.3 Å². The molecule has 1 aromatic rings. The van der Waals surface area contributed by atoms with Gasteiger partial charge < -0.3 is 24.8 Å². The maximum absolute atomic E-state index is 12.5. The molecule has 0 aliphatic rings.